The molecule has 0 fully saturated rings. The first kappa shape index (κ1) is 16.6. The molecule has 22 heavy (non-hydrogen) atoms. The molecule has 0 unspecified atom stereocenters. The van der Waals surface area contributed by atoms with Crippen molar-refractivity contribution in [3.63, 3.8) is 0 Å². The maximum atomic E-state index is 12.1. The van der Waals surface area contributed by atoms with Gasteiger partial charge in [-0.1, -0.05) is 13.8 Å². The lowest BCUT2D eigenvalue weighted by atomic mass is 10.2. The van der Waals surface area contributed by atoms with Crippen LogP contribution in [-0.2, 0) is 14.8 Å². The SMILES string of the molecule is CC(C)CN(CC(=O)Nc1ccc2c(c1)OCO2)S(C)(=O)=O. The Hall–Kier alpha value is -1.80. The summed E-state index contributed by atoms with van der Waals surface area (Å²) in [6, 6.07) is 5.02. The standard InChI is InChI=1S/C14H20N2O5S/c1-10(2)7-16(22(3,18)19)8-14(17)15-11-4-5-12-13(6-11)21-9-20-12/h4-6,10H,7-9H2,1-3H3,(H,15,17). The summed E-state index contributed by atoms with van der Waals surface area (Å²) in [4.78, 5) is 12.1. The van der Waals surface area contributed by atoms with Crippen molar-refractivity contribution in [2.75, 3.05) is 31.5 Å². The molecular formula is C14H20N2O5S. The Balaban J connectivity index is 2.02. The van der Waals surface area contributed by atoms with E-state index in [9.17, 15) is 13.2 Å². The first-order valence-corrected chi connectivity index (χ1v) is 8.75. The van der Waals surface area contributed by atoms with Crippen molar-refractivity contribution >= 4 is 21.6 Å². The summed E-state index contributed by atoms with van der Waals surface area (Å²) < 4.78 is 35.0. The monoisotopic (exact) mass is 328 g/mol. The van der Waals surface area contributed by atoms with E-state index in [-0.39, 0.29) is 19.3 Å². The second-order valence-electron chi connectivity index (χ2n) is 5.57. The number of nitrogens with zero attached hydrogens (tertiary/aromatic N) is 1. The molecule has 0 saturated carbocycles. The van der Waals surface area contributed by atoms with E-state index in [1.165, 1.54) is 4.31 Å². The maximum absolute atomic E-state index is 12.1. The number of anilines is 1. The van der Waals surface area contributed by atoms with Crippen LogP contribution < -0.4 is 14.8 Å². The van der Waals surface area contributed by atoms with Crippen molar-refractivity contribution in [1.29, 1.82) is 0 Å². The van der Waals surface area contributed by atoms with Gasteiger partial charge < -0.3 is 14.8 Å². The van der Waals surface area contributed by atoms with E-state index in [2.05, 4.69) is 5.32 Å². The number of sulfonamides is 1. The highest BCUT2D eigenvalue weighted by Crippen LogP contribution is 2.34. The van der Waals surface area contributed by atoms with Gasteiger partial charge in [0.1, 0.15) is 0 Å². The molecule has 1 N–H and O–H groups in total. The first-order chi connectivity index (χ1) is 10.3. The minimum atomic E-state index is -3.43. The number of amides is 1. The minimum absolute atomic E-state index is 0.132. The van der Waals surface area contributed by atoms with Crippen LogP contribution in [0.15, 0.2) is 18.2 Å². The van der Waals surface area contributed by atoms with Gasteiger partial charge in [0.05, 0.1) is 12.8 Å². The largest absolute Gasteiger partial charge is 0.454 e. The van der Waals surface area contributed by atoms with Crippen LogP contribution in [0, 0.1) is 5.92 Å². The molecule has 1 aliphatic rings. The second kappa shape index (κ2) is 6.53. The van der Waals surface area contributed by atoms with Crippen LogP contribution >= 0.6 is 0 Å². The summed E-state index contributed by atoms with van der Waals surface area (Å²) in [5.74, 6) is 0.911. The lowest BCUT2D eigenvalue weighted by molar-refractivity contribution is -0.116. The summed E-state index contributed by atoms with van der Waals surface area (Å²) in [6.07, 6.45) is 1.10. The number of hydrogen-bond acceptors (Lipinski definition) is 5. The zero-order valence-corrected chi connectivity index (χ0v) is 13.6. The lowest BCUT2D eigenvalue weighted by Gasteiger charge is -2.21. The van der Waals surface area contributed by atoms with Crippen LogP contribution in [-0.4, -0.2) is 44.8 Å². The van der Waals surface area contributed by atoms with Crippen molar-refractivity contribution in [3.05, 3.63) is 18.2 Å². The normalized spacial score (nSPS) is 13.7. The van der Waals surface area contributed by atoms with Gasteiger partial charge in [0.15, 0.2) is 11.5 Å². The summed E-state index contributed by atoms with van der Waals surface area (Å²) >= 11 is 0. The fourth-order valence-electron chi connectivity index (χ4n) is 2.06. The van der Waals surface area contributed by atoms with E-state index in [0.717, 1.165) is 6.26 Å². The Morgan fingerprint density at radius 3 is 2.64 bits per heavy atom. The topological polar surface area (TPSA) is 84.9 Å². The van der Waals surface area contributed by atoms with E-state index in [1.54, 1.807) is 18.2 Å². The van der Waals surface area contributed by atoms with Crippen molar-refractivity contribution in [2.45, 2.75) is 13.8 Å². The first-order valence-electron chi connectivity index (χ1n) is 6.90. The number of ether oxygens (including phenoxy) is 2. The minimum Gasteiger partial charge on any atom is -0.454 e. The second-order valence-corrected chi connectivity index (χ2v) is 7.55. The number of hydrogen-bond donors (Lipinski definition) is 1. The van der Waals surface area contributed by atoms with Gasteiger partial charge in [-0.25, -0.2) is 8.42 Å². The third-order valence-electron chi connectivity index (χ3n) is 3.01. The third kappa shape index (κ3) is 4.35. The Morgan fingerprint density at radius 2 is 2.00 bits per heavy atom. The Bertz CT molecular complexity index is 657. The van der Waals surface area contributed by atoms with Crippen LogP contribution in [0.25, 0.3) is 0 Å². The van der Waals surface area contributed by atoms with E-state index in [4.69, 9.17) is 9.47 Å². The molecule has 2 rings (SSSR count). The highest BCUT2D eigenvalue weighted by Gasteiger charge is 2.21. The van der Waals surface area contributed by atoms with Gasteiger partial charge in [-0.2, -0.15) is 4.31 Å². The predicted molar refractivity (Wildman–Crippen MR) is 82.4 cm³/mol. The average Bonchev–Trinajstić information content (AvgIpc) is 2.83. The van der Waals surface area contributed by atoms with Gasteiger partial charge >= 0.3 is 0 Å². The van der Waals surface area contributed by atoms with Crippen molar-refractivity contribution in [2.24, 2.45) is 5.92 Å². The number of rotatable bonds is 6. The number of fused-ring (bicyclic) bond motifs is 1. The summed E-state index contributed by atoms with van der Waals surface area (Å²) in [6.45, 7) is 4.03. The number of carbonyl (C=O) groups is 1. The molecule has 0 aromatic heterocycles. The van der Waals surface area contributed by atoms with Gasteiger partial charge in [0.25, 0.3) is 0 Å². The Labute approximate surface area is 130 Å². The van der Waals surface area contributed by atoms with Crippen LogP contribution in [0.5, 0.6) is 11.5 Å². The fourth-order valence-corrected chi connectivity index (χ4v) is 2.98. The molecule has 1 aliphatic heterocycles. The van der Waals surface area contributed by atoms with E-state index in [1.807, 2.05) is 13.8 Å². The van der Waals surface area contributed by atoms with E-state index >= 15 is 0 Å². The molecule has 1 aromatic carbocycles. The number of benzene rings is 1. The molecule has 0 radical (unpaired) electrons. The molecule has 0 saturated heterocycles. The van der Waals surface area contributed by atoms with E-state index in [0.29, 0.717) is 23.7 Å². The molecule has 0 bridgehead atoms. The molecule has 0 atom stereocenters. The third-order valence-corrected chi connectivity index (χ3v) is 4.23. The lowest BCUT2D eigenvalue weighted by Crippen LogP contribution is -2.39. The molecular weight excluding hydrogens is 308 g/mol. The van der Waals surface area contributed by atoms with Crippen LogP contribution in [0.1, 0.15) is 13.8 Å². The molecule has 1 aromatic rings. The Kier molecular flexibility index (Phi) is 4.92. The van der Waals surface area contributed by atoms with Gasteiger partial charge in [-0.15, -0.1) is 0 Å². The summed E-state index contributed by atoms with van der Waals surface area (Å²) in [5, 5.41) is 2.67. The number of carbonyl (C=O) groups excluding carboxylic acids is 1. The zero-order chi connectivity index (χ0) is 16.3. The molecule has 1 amide bonds. The van der Waals surface area contributed by atoms with E-state index < -0.39 is 15.9 Å². The molecule has 0 aliphatic carbocycles. The average molecular weight is 328 g/mol. The van der Waals surface area contributed by atoms with Crippen molar-refractivity contribution < 1.29 is 22.7 Å². The number of nitrogens with one attached hydrogen (secondary N) is 1. The van der Waals surface area contributed by atoms with Gasteiger partial charge in [0.2, 0.25) is 22.7 Å². The molecule has 7 nitrogen and oxygen atoms in total. The zero-order valence-electron chi connectivity index (χ0n) is 12.8. The summed E-state index contributed by atoms with van der Waals surface area (Å²) in [5.41, 5.74) is 0.534. The highest BCUT2D eigenvalue weighted by atomic mass is 32.2. The fraction of sp³-hybridized carbons (Fsp3) is 0.500. The summed E-state index contributed by atoms with van der Waals surface area (Å²) in [7, 11) is -3.43. The van der Waals surface area contributed by atoms with Crippen LogP contribution in [0.4, 0.5) is 5.69 Å². The van der Waals surface area contributed by atoms with Gasteiger partial charge in [-0.05, 0) is 18.1 Å². The van der Waals surface area contributed by atoms with Crippen molar-refractivity contribution in [3.8, 4) is 11.5 Å². The van der Waals surface area contributed by atoms with Gasteiger partial charge in [0, 0.05) is 18.3 Å². The van der Waals surface area contributed by atoms with Crippen LogP contribution in [0.3, 0.4) is 0 Å². The van der Waals surface area contributed by atoms with Crippen LogP contribution in [0.2, 0.25) is 0 Å². The molecule has 0 spiro atoms. The van der Waals surface area contributed by atoms with Crippen molar-refractivity contribution in [1.82, 2.24) is 4.31 Å². The molecule has 8 heteroatoms. The molecule has 1 heterocycles. The quantitative estimate of drug-likeness (QED) is 0.850. The highest BCUT2D eigenvalue weighted by molar-refractivity contribution is 7.88. The Morgan fingerprint density at radius 1 is 1.32 bits per heavy atom. The van der Waals surface area contributed by atoms with Gasteiger partial charge in [-0.3, -0.25) is 4.79 Å². The maximum Gasteiger partial charge on any atom is 0.239 e. The predicted octanol–water partition coefficient (Wildman–Crippen LogP) is 1.27. The smallest absolute Gasteiger partial charge is 0.239 e. The molecule has 122 valence electrons.